The number of nitrogen functional groups attached to an aromatic ring is 1. The number of anilines is 2. The van der Waals surface area contributed by atoms with Crippen LogP contribution < -0.4 is 16.2 Å². The fraction of sp³-hybridized carbons (Fsp3) is 0.500. The van der Waals surface area contributed by atoms with Crippen LogP contribution in [-0.2, 0) is 0 Å². The monoisotopic (exact) mass is 237 g/mol. The number of nitrogens with one attached hydrogen (secondary N) is 1. The number of hydrogen-bond acceptors (Lipinski definition) is 6. The summed E-state index contributed by atoms with van der Waals surface area (Å²) in [5.41, 5.74) is 4.85. The minimum Gasteiger partial charge on any atom is -0.369 e. The highest BCUT2D eigenvalue weighted by Crippen LogP contribution is 2.32. The van der Waals surface area contributed by atoms with Gasteiger partial charge in [0.1, 0.15) is 0 Å². The summed E-state index contributed by atoms with van der Waals surface area (Å²) in [5, 5.41) is 9.92. The Labute approximate surface area is 98.0 Å². The molecule has 0 aliphatic carbocycles. The number of H-pyrrole nitrogens is 1. The lowest BCUT2D eigenvalue weighted by atomic mass is 10.0. The molecule has 0 saturated heterocycles. The average Bonchev–Trinajstić information content (AvgIpc) is 2.13. The Kier molecular flexibility index (Phi) is 2.43. The molecular weight excluding hydrogens is 222 g/mol. The number of aromatic nitrogens is 2. The van der Waals surface area contributed by atoms with Crippen molar-refractivity contribution < 1.29 is 5.11 Å². The summed E-state index contributed by atoms with van der Waals surface area (Å²) >= 11 is 0. The second-order valence-electron chi connectivity index (χ2n) is 4.86. The van der Waals surface area contributed by atoms with Crippen LogP contribution in [-0.4, -0.2) is 33.1 Å². The van der Waals surface area contributed by atoms with E-state index in [-0.39, 0.29) is 11.6 Å². The van der Waals surface area contributed by atoms with Gasteiger partial charge in [-0.25, -0.2) is 4.99 Å². The van der Waals surface area contributed by atoms with Crippen molar-refractivity contribution >= 4 is 23.7 Å². The molecule has 2 rings (SSSR count). The molecule has 1 aromatic heterocycles. The van der Waals surface area contributed by atoms with Crippen molar-refractivity contribution in [2.45, 2.75) is 32.5 Å². The molecule has 1 aliphatic heterocycles. The fourth-order valence-electron chi connectivity index (χ4n) is 1.80. The summed E-state index contributed by atoms with van der Waals surface area (Å²) < 4.78 is 0. The highest BCUT2D eigenvalue weighted by Gasteiger charge is 2.33. The van der Waals surface area contributed by atoms with Crippen LogP contribution in [0.3, 0.4) is 0 Å². The summed E-state index contributed by atoms with van der Waals surface area (Å²) in [5.74, 6) is 0.307. The molecule has 0 bridgehead atoms. The third kappa shape index (κ3) is 1.89. The van der Waals surface area contributed by atoms with Crippen LogP contribution in [0.25, 0.3) is 0 Å². The first kappa shape index (κ1) is 11.6. The predicted molar refractivity (Wildman–Crippen MR) is 65.7 cm³/mol. The SMILES string of the molecule is CC(C)(C)N1c2nc(N)[nH]c(=O)c2N=CC1O. The number of nitrogens with two attached hydrogens (primary N) is 1. The Hall–Kier alpha value is -1.89. The number of aliphatic hydroxyl groups excluding tert-OH is 1. The maximum atomic E-state index is 11.7. The number of aliphatic imine (C=N–C) groups is 1. The van der Waals surface area contributed by atoms with E-state index in [0.29, 0.717) is 5.82 Å². The van der Waals surface area contributed by atoms with Crippen LogP contribution in [0, 0.1) is 0 Å². The Morgan fingerprint density at radius 3 is 2.76 bits per heavy atom. The van der Waals surface area contributed by atoms with Crippen molar-refractivity contribution in [3.63, 3.8) is 0 Å². The van der Waals surface area contributed by atoms with Gasteiger partial charge in [-0.3, -0.25) is 9.78 Å². The highest BCUT2D eigenvalue weighted by molar-refractivity contribution is 5.81. The molecule has 7 nitrogen and oxygen atoms in total. The van der Waals surface area contributed by atoms with Crippen LogP contribution in [0.2, 0.25) is 0 Å². The fourth-order valence-corrected chi connectivity index (χ4v) is 1.80. The molecule has 1 aromatic rings. The first-order valence-electron chi connectivity index (χ1n) is 5.22. The maximum Gasteiger partial charge on any atom is 0.280 e. The van der Waals surface area contributed by atoms with Crippen molar-refractivity contribution in [2.24, 2.45) is 4.99 Å². The van der Waals surface area contributed by atoms with Gasteiger partial charge in [-0.15, -0.1) is 0 Å². The lowest BCUT2D eigenvalue weighted by Crippen LogP contribution is -2.51. The number of nitrogens with zero attached hydrogens (tertiary/aromatic N) is 3. The van der Waals surface area contributed by atoms with Crippen molar-refractivity contribution in [1.29, 1.82) is 0 Å². The van der Waals surface area contributed by atoms with E-state index in [0.717, 1.165) is 0 Å². The largest absolute Gasteiger partial charge is 0.369 e. The zero-order valence-electron chi connectivity index (χ0n) is 9.93. The van der Waals surface area contributed by atoms with Crippen molar-refractivity contribution in [3.8, 4) is 0 Å². The third-order valence-corrected chi connectivity index (χ3v) is 2.45. The summed E-state index contributed by atoms with van der Waals surface area (Å²) in [7, 11) is 0. The van der Waals surface area contributed by atoms with E-state index in [1.54, 1.807) is 4.90 Å². The van der Waals surface area contributed by atoms with Gasteiger partial charge in [0, 0.05) is 5.54 Å². The lowest BCUT2D eigenvalue weighted by molar-refractivity contribution is 0.208. The average molecular weight is 237 g/mol. The molecule has 1 aliphatic rings. The van der Waals surface area contributed by atoms with Gasteiger partial charge in [0.2, 0.25) is 5.95 Å². The molecule has 1 atom stereocenters. The Morgan fingerprint density at radius 2 is 2.18 bits per heavy atom. The second kappa shape index (κ2) is 3.56. The van der Waals surface area contributed by atoms with E-state index in [9.17, 15) is 9.90 Å². The van der Waals surface area contributed by atoms with E-state index >= 15 is 0 Å². The summed E-state index contributed by atoms with van der Waals surface area (Å²) in [6, 6.07) is 0. The number of rotatable bonds is 0. The first-order chi connectivity index (χ1) is 7.80. The third-order valence-electron chi connectivity index (χ3n) is 2.45. The number of hydrogen-bond donors (Lipinski definition) is 3. The van der Waals surface area contributed by atoms with Crippen LogP contribution in [0.15, 0.2) is 9.79 Å². The van der Waals surface area contributed by atoms with Gasteiger partial charge in [0.25, 0.3) is 5.56 Å². The molecule has 0 amide bonds. The molecule has 4 N–H and O–H groups in total. The second-order valence-corrected chi connectivity index (χ2v) is 4.86. The lowest BCUT2D eigenvalue weighted by Gasteiger charge is -2.40. The van der Waals surface area contributed by atoms with E-state index in [1.165, 1.54) is 6.21 Å². The van der Waals surface area contributed by atoms with Crippen molar-refractivity contribution in [3.05, 3.63) is 10.4 Å². The zero-order valence-corrected chi connectivity index (χ0v) is 9.93. The van der Waals surface area contributed by atoms with Crippen LogP contribution >= 0.6 is 0 Å². The van der Waals surface area contributed by atoms with Crippen molar-refractivity contribution in [2.75, 3.05) is 10.6 Å². The number of aliphatic hydroxyl groups is 1. The smallest absolute Gasteiger partial charge is 0.280 e. The Balaban J connectivity index is 2.68. The Bertz CT molecular complexity index is 528. The molecule has 17 heavy (non-hydrogen) atoms. The zero-order chi connectivity index (χ0) is 12.8. The highest BCUT2D eigenvalue weighted by atomic mass is 16.3. The summed E-state index contributed by atoms with van der Waals surface area (Å²) in [4.78, 5) is 23.6. The molecule has 7 heteroatoms. The van der Waals surface area contributed by atoms with Gasteiger partial charge in [-0.2, -0.15) is 4.98 Å². The minimum atomic E-state index is -0.920. The number of aromatic amines is 1. The van der Waals surface area contributed by atoms with Gasteiger partial charge in [0.05, 0.1) is 6.21 Å². The standard InChI is InChI=1S/C10H15N5O2/c1-10(2,3)15-5(16)4-12-6-7(15)13-9(11)14-8(6)17/h4-5,16H,1-3H3,(H3,11,13,14,17). The van der Waals surface area contributed by atoms with E-state index in [4.69, 9.17) is 5.73 Å². The molecule has 0 saturated carbocycles. The van der Waals surface area contributed by atoms with Crippen LogP contribution in [0.5, 0.6) is 0 Å². The van der Waals surface area contributed by atoms with E-state index in [2.05, 4.69) is 15.0 Å². The topological polar surface area (TPSA) is 108 Å². The summed E-state index contributed by atoms with van der Waals surface area (Å²) in [6.07, 6.45) is 0.386. The predicted octanol–water partition coefficient (Wildman–Crippen LogP) is -0.00870. The Morgan fingerprint density at radius 1 is 1.53 bits per heavy atom. The molecule has 0 aromatic carbocycles. The van der Waals surface area contributed by atoms with Gasteiger partial charge >= 0.3 is 0 Å². The van der Waals surface area contributed by atoms with Gasteiger partial charge in [-0.1, -0.05) is 0 Å². The van der Waals surface area contributed by atoms with Crippen molar-refractivity contribution in [1.82, 2.24) is 9.97 Å². The van der Waals surface area contributed by atoms with Gasteiger partial charge < -0.3 is 15.7 Å². The molecule has 0 fully saturated rings. The molecule has 0 radical (unpaired) electrons. The van der Waals surface area contributed by atoms with Gasteiger partial charge in [-0.05, 0) is 20.8 Å². The van der Waals surface area contributed by atoms with E-state index in [1.807, 2.05) is 20.8 Å². The van der Waals surface area contributed by atoms with Gasteiger partial charge in [0.15, 0.2) is 17.7 Å². The number of fused-ring (bicyclic) bond motifs is 1. The molecular formula is C10H15N5O2. The molecule has 2 heterocycles. The first-order valence-corrected chi connectivity index (χ1v) is 5.22. The normalized spacial score (nSPS) is 19.3. The summed E-state index contributed by atoms with van der Waals surface area (Å²) in [6.45, 7) is 5.70. The molecule has 1 unspecified atom stereocenters. The van der Waals surface area contributed by atoms with Crippen LogP contribution in [0.4, 0.5) is 17.5 Å². The van der Waals surface area contributed by atoms with E-state index < -0.39 is 17.3 Å². The quantitative estimate of drug-likeness (QED) is 0.588. The molecule has 92 valence electrons. The molecule has 0 spiro atoms. The minimum absolute atomic E-state index is 0.00676. The van der Waals surface area contributed by atoms with Crippen LogP contribution in [0.1, 0.15) is 20.8 Å². The maximum absolute atomic E-state index is 11.7.